The predicted octanol–water partition coefficient (Wildman–Crippen LogP) is 0.584. The van der Waals surface area contributed by atoms with Crippen molar-refractivity contribution in [2.45, 2.75) is 38.3 Å². The molecule has 1 aromatic rings. The van der Waals surface area contributed by atoms with Crippen molar-refractivity contribution in [1.29, 1.82) is 0 Å². The number of rotatable bonds is 8. The lowest BCUT2D eigenvalue weighted by molar-refractivity contribution is -0.131. The fourth-order valence-corrected chi connectivity index (χ4v) is 3.47. The van der Waals surface area contributed by atoms with Crippen molar-refractivity contribution >= 4 is 23.5 Å². The lowest BCUT2D eigenvalue weighted by Gasteiger charge is -2.34. The van der Waals surface area contributed by atoms with Crippen molar-refractivity contribution in [3.8, 4) is 11.5 Å². The number of nitrogens with zero attached hydrogens (tertiary/aromatic N) is 2. The zero-order valence-corrected chi connectivity index (χ0v) is 15.4. The Hall–Kier alpha value is -2.81. The molecule has 9 heteroatoms. The van der Waals surface area contributed by atoms with Crippen LogP contribution in [0.5, 0.6) is 11.5 Å². The standard InChI is InChI=1S/C18H24N4O5/c1-10-13-11(20-18-21-17(25)14(16(19)24)22(10)18)6-7-12(15(13)26-2)27-9-5-3-4-8-23/h6-7,10,14,23H,3-5,8-9H2,1-2H3,(H2,19,24)(H,20,21,25). The second-order valence-electron chi connectivity index (χ2n) is 6.48. The molecule has 2 aliphatic heterocycles. The summed E-state index contributed by atoms with van der Waals surface area (Å²) < 4.78 is 11.4. The molecule has 0 aromatic heterocycles. The van der Waals surface area contributed by atoms with Gasteiger partial charge in [0, 0.05) is 12.2 Å². The molecule has 1 aromatic carbocycles. The van der Waals surface area contributed by atoms with Gasteiger partial charge in [-0.15, -0.1) is 0 Å². The molecule has 0 bridgehead atoms. The van der Waals surface area contributed by atoms with Gasteiger partial charge in [0.05, 0.1) is 25.4 Å². The zero-order chi connectivity index (χ0) is 19.6. The maximum Gasteiger partial charge on any atom is 0.259 e. The molecule has 27 heavy (non-hydrogen) atoms. The Kier molecular flexibility index (Phi) is 5.50. The molecule has 2 unspecified atom stereocenters. The third-order valence-electron chi connectivity index (χ3n) is 4.74. The Balaban J connectivity index is 1.90. The summed E-state index contributed by atoms with van der Waals surface area (Å²) >= 11 is 0. The molecule has 0 spiro atoms. The molecule has 0 saturated carbocycles. The van der Waals surface area contributed by atoms with Crippen LogP contribution in [-0.2, 0) is 9.59 Å². The van der Waals surface area contributed by atoms with Crippen LogP contribution in [0.15, 0.2) is 17.1 Å². The summed E-state index contributed by atoms with van der Waals surface area (Å²) in [4.78, 5) is 29.9. The van der Waals surface area contributed by atoms with E-state index in [2.05, 4.69) is 10.3 Å². The number of nitrogens with one attached hydrogen (secondary N) is 1. The molecular weight excluding hydrogens is 352 g/mol. The number of hydrogen-bond donors (Lipinski definition) is 3. The number of carbonyl (C=O) groups excluding carboxylic acids is 2. The molecular formula is C18H24N4O5. The number of aliphatic hydroxyl groups is 1. The molecule has 146 valence electrons. The van der Waals surface area contributed by atoms with E-state index in [1.54, 1.807) is 24.1 Å². The van der Waals surface area contributed by atoms with Gasteiger partial charge in [-0.3, -0.25) is 14.9 Å². The van der Waals surface area contributed by atoms with E-state index in [-0.39, 0.29) is 12.6 Å². The number of carbonyl (C=O) groups is 2. The summed E-state index contributed by atoms with van der Waals surface area (Å²) in [6.45, 7) is 2.52. The van der Waals surface area contributed by atoms with Gasteiger partial charge in [0.25, 0.3) is 5.91 Å². The molecule has 1 saturated heterocycles. The Morgan fingerprint density at radius 3 is 2.81 bits per heavy atom. The molecule has 9 nitrogen and oxygen atoms in total. The van der Waals surface area contributed by atoms with Gasteiger partial charge in [-0.1, -0.05) is 0 Å². The van der Waals surface area contributed by atoms with Crippen molar-refractivity contribution in [3.63, 3.8) is 0 Å². The van der Waals surface area contributed by atoms with E-state index in [0.717, 1.165) is 24.8 Å². The van der Waals surface area contributed by atoms with E-state index in [1.165, 1.54) is 0 Å². The summed E-state index contributed by atoms with van der Waals surface area (Å²) in [5.74, 6) is 0.180. The minimum absolute atomic E-state index is 0.170. The second-order valence-corrected chi connectivity index (χ2v) is 6.48. The molecule has 2 atom stereocenters. The topological polar surface area (TPSA) is 126 Å². The monoisotopic (exact) mass is 376 g/mol. The lowest BCUT2D eigenvalue weighted by Crippen LogP contribution is -2.47. The van der Waals surface area contributed by atoms with Crippen LogP contribution in [0, 0.1) is 0 Å². The molecule has 2 aliphatic rings. The smallest absolute Gasteiger partial charge is 0.259 e. The molecule has 1 fully saturated rings. The minimum Gasteiger partial charge on any atom is -0.492 e. The molecule has 2 heterocycles. The summed E-state index contributed by atoms with van der Waals surface area (Å²) in [7, 11) is 1.54. The van der Waals surface area contributed by atoms with Crippen molar-refractivity contribution < 1.29 is 24.2 Å². The van der Waals surface area contributed by atoms with Crippen molar-refractivity contribution in [1.82, 2.24) is 10.2 Å². The number of benzene rings is 1. The highest BCUT2D eigenvalue weighted by atomic mass is 16.5. The summed E-state index contributed by atoms with van der Waals surface area (Å²) in [5.41, 5.74) is 6.79. The fraction of sp³-hybridized carbons (Fsp3) is 0.500. The Bertz CT molecular complexity index is 779. The van der Waals surface area contributed by atoms with E-state index in [9.17, 15) is 9.59 Å². The van der Waals surface area contributed by atoms with Gasteiger partial charge in [-0.2, -0.15) is 0 Å². The Morgan fingerprint density at radius 2 is 2.15 bits per heavy atom. The number of aliphatic imine (C=N–C) groups is 1. The number of unbranched alkanes of at least 4 members (excludes halogenated alkanes) is 2. The van der Waals surface area contributed by atoms with Crippen molar-refractivity contribution in [3.05, 3.63) is 17.7 Å². The van der Waals surface area contributed by atoms with E-state index in [0.29, 0.717) is 29.8 Å². The van der Waals surface area contributed by atoms with E-state index < -0.39 is 17.9 Å². The lowest BCUT2D eigenvalue weighted by atomic mass is 10.00. The largest absolute Gasteiger partial charge is 0.492 e. The normalized spacial score (nSPS) is 20.5. The number of nitrogens with two attached hydrogens (primary N) is 1. The van der Waals surface area contributed by atoms with Crippen LogP contribution in [0.25, 0.3) is 0 Å². The van der Waals surface area contributed by atoms with Crippen LogP contribution < -0.4 is 20.5 Å². The SMILES string of the molecule is COc1c(OCCCCCO)ccc2c1C(C)N1C(=N2)NC(=O)C1C(N)=O. The average molecular weight is 376 g/mol. The number of methoxy groups -OCH3 is 1. The fourth-order valence-electron chi connectivity index (χ4n) is 3.47. The first-order chi connectivity index (χ1) is 13.0. The highest BCUT2D eigenvalue weighted by molar-refractivity contribution is 6.17. The Morgan fingerprint density at radius 1 is 1.37 bits per heavy atom. The number of hydrogen-bond acceptors (Lipinski definition) is 7. The van der Waals surface area contributed by atoms with Crippen molar-refractivity contribution in [2.24, 2.45) is 10.7 Å². The highest BCUT2D eigenvalue weighted by Crippen LogP contribution is 2.46. The minimum atomic E-state index is -1.11. The van der Waals surface area contributed by atoms with Crippen molar-refractivity contribution in [2.75, 3.05) is 20.3 Å². The van der Waals surface area contributed by atoms with Gasteiger partial charge in [-0.25, -0.2) is 4.99 Å². The second kappa shape index (κ2) is 7.83. The van der Waals surface area contributed by atoms with Gasteiger partial charge in [0.2, 0.25) is 11.9 Å². The summed E-state index contributed by atoms with van der Waals surface area (Å²) in [5, 5.41) is 11.4. The van der Waals surface area contributed by atoms with Gasteiger partial charge < -0.3 is 25.2 Å². The maximum absolute atomic E-state index is 12.1. The van der Waals surface area contributed by atoms with Gasteiger partial charge in [-0.05, 0) is 38.3 Å². The first-order valence-corrected chi connectivity index (χ1v) is 8.91. The van der Waals surface area contributed by atoms with E-state index in [1.807, 2.05) is 6.92 Å². The van der Waals surface area contributed by atoms with Crippen LogP contribution in [0.2, 0.25) is 0 Å². The quantitative estimate of drug-likeness (QED) is 0.450. The maximum atomic E-state index is 12.1. The number of guanidine groups is 1. The molecule has 2 amide bonds. The van der Waals surface area contributed by atoms with Crippen LogP contribution >= 0.6 is 0 Å². The predicted molar refractivity (Wildman–Crippen MR) is 97.9 cm³/mol. The van der Waals surface area contributed by atoms with E-state index >= 15 is 0 Å². The van der Waals surface area contributed by atoms with Gasteiger partial charge in [0.1, 0.15) is 0 Å². The van der Waals surface area contributed by atoms with Gasteiger partial charge >= 0.3 is 0 Å². The molecule has 0 radical (unpaired) electrons. The number of fused-ring (bicyclic) bond motifs is 2. The first-order valence-electron chi connectivity index (χ1n) is 8.91. The zero-order valence-electron chi connectivity index (χ0n) is 15.4. The highest BCUT2D eigenvalue weighted by Gasteiger charge is 2.46. The number of aliphatic hydroxyl groups excluding tert-OH is 1. The number of amides is 2. The first kappa shape index (κ1) is 19.0. The number of ether oxygens (including phenoxy) is 2. The van der Waals surface area contributed by atoms with Gasteiger partial charge in [0.15, 0.2) is 17.5 Å². The van der Waals surface area contributed by atoms with Crippen LogP contribution in [0.4, 0.5) is 5.69 Å². The summed E-state index contributed by atoms with van der Waals surface area (Å²) in [6, 6.07) is 2.10. The van der Waals surface area contributed by atoms with Crippen LogP contribution in [-0.4, -0.2) is 54.1 Å². The van der Waals surface area contributed by atoms with E-state index in [4.69, 9.17) is 20.3 Å². The van der Waals surface area contributed by atoms with Crippen LogP contribution in [0.3, 0.4) is 0 Å². The third-order valence-corrected chi connectivity index (χ3v) is 4.74. The number of primary amides is 1. The Labute approximate surface area is 157 Å². The average Bonchev–Trinajstić information content (AvgIpc) is 2.97. The molecule has 4 N–H and O–H groups in total. The third kappa shape index (κ3) is 3.42. The molecule has 0 aliphatic carbocycles. The summed E-state index contributed by atoms with van der Waals surface area (Å²) in [6.07, 6.45) is 2.42. The van der Waals surface area contributed by atoms with Crippen LogP contribution in [0.1, 0.15) is 37.8 Å². The molecule has 3 rings (SSSR count).